The zero-order valence-corrected chi connectivity index (χ0v) is 15.7. The van der Waals surface area contributed by atoms with Gasteiger partial charge in [0.15, 0.2) is 0 Å². The van der Waals surface area contributed by atoms with E-state index in [1.807, 2.05) is 74.2 Å². The molecule has 2 amide bonds. The van der Waals surface area contributed by atoms with Crippen molar-refractivity contribution in [3.63, 3.8) is 0 Å². The van der Waals surface area contributed by atoms with Crippen LogP contribution in [-0.4, -0.2) is 30.1 Å². The molecule has 134 valence electrons. The number of carbonyl (C=O) groups excluding carboxylic acids is 1. The van der Waals surface area contributed by atoms with Crippen molar-refractivity contribution in [1.29, 1.82) is 0 Å². The van der Waals surface area contributed by atoms with Crippen molar-refractivity contribution in [3.05, 3.63) is 64.7 Å². The van der Waals surface area contributed by atoms with E-state index in [1.165, 1.54) is 0 Å². The molecule has 1 N–H and O–H groups in total. The van der Waals surface area contributed by atoms with Gasteiger partial charge in [-0.15, -0.1) is 0 Å². The van der Waals surface area contributed by atoms with E-state index in [0.29, 0.717) is 24.7 Å². The molecule has 0 radical (unpaired) electrons. The van der Waals surface area contributed by atoms with Gasteiger partial charge < -0.3 is 15.0 Å². The number of benzene rings is 2. The van der Waals surface area contributed by atoms with Gasteiger partial charge in [0, 0.05) is 17.6 Å². The van der Waals surface area contributed by atoms with E-state index < -0.39 is 0 Å². The topological polar surface area (TPSA) is 41.6 Å². The average molecular weight is 361 g/mol. The molecular formula is C20H25ClN2O2. The Labute approximate surface area is 154 Å². The lowest BCUT2D eigenvalue weighted by Crippen LogP contribution is -2.44. The van der Waals surface area contributed by atoms with E-state index in [4.69, 9.17) is 16.3 Å². The van der Waals surface area contributed by atoms with Gasteiger partial charge in [-0.2, -0.15) is 0 Å². The quantitative estimate of drug-likeness (QED) is 0.730. The molecule has 0 bridgehead atoms. The number of nitrogens with one attached hydrogen (secondary N) is 1. The first kappa shape index (κ1) is 19.1. The fourth-order valence-electron chi connectivity index (χ4n) is 2.40. The molecule has 0 atom stereocenters. The Bertz CT molecular complexity index is 689. The number of ether oxygens (including phenoxy) is 1. The first-order valence-electron chi connectivity index (χ1n) is 8.44. The van der Waals surface area contributed by atoms with Crippen molar-refractivity contribution < 1.29 is 9.53 Å². The van der Waals surface area contributed by atoms with Gasteiger partial charge in [-0.25, -0.2) is 4.79 Å². The number of nitrogens with zero attached hydrogens (tertiary/aromatic N) is 1. The molecule has 4 nitrogen and oxygen atoms in total. The lowest BCUT2D eigenvalue weighted by atomic mass is 10.2. The van der Waals surface area contributed by atoms with Gasteiger partial charge in [-0.3, -0.25) is 0 Å². The van der Waals surface area contributed by atoms with Crippen LogP contribution >= 0.6 is 11.6 Å². The highest BCUT2D eigenvalue weighted by Crippen LogP contribution is 2.20. The third-order valence-corrected chi connectivity index (χ3v) is 4.28. The van der Waals surface area contributed by atoms with Crippen LogP contribution < -0.4 is 10.1 Å². The highest BCUT2D eigenvalue weighted by Gasteiger charge is 2.16. The molecule has 5 heteroatoms. The van der Waals surface area contributed by atoms with E-state index in [2.05, 4.69) is 5.32 Å². The molecule has 25 heavy (non-hydrogen) atoms. The summed E-state index contributed by atoms with van der Waals surface area (Å²) in [6, 6.07) is 15.5. The van der Waals surface area contributed by atoms with Crippen LogP contribution in [0.15, 0.2) is 48.5 Å². The van der Waals surface area contributed by atoms with Crippen LogP contribution in [0.2, 0.25) is 5.02 Å². The fourth-order valence-corrected chi connectivity index (χ4v) is 2.52. The van der Waals surface area contributed by atoms with Gasteiger partial charge in [0.05, 0.1) is 6.54 Å². The summed E-state index contributed by atoms with van der Waals surface area (Å²) in [5.41, 5.74) is 2.08. The van der Waals surface area contributed by atoms with Crippen LogP contribution in [0.5, 0.6) is 5.75 Å². The molecule has 2 rings (SSSR count). The molecule has 2 aromatic carbocycles. The van der Waals surface area contributed by atoms with Gasteiger partial charge in [0.25, 0.3) is 0 Å². The van der Waals surface area contributed by atoms with Crippen molar-refractivity contribution in [2.24, 2.45) is 0 Å². The second-order valence-electron chi connectivity index (χ2n) is 6.20. The summed E-state index contributed by atoms with van der Waals surface area (Å²) in [5, 5.41) is 3.63. The average Bonchev–Trinajstić information content (AvgIpc) is 2.60. The number of aryl methyl sites for hydroxylation is 1. The van der Waals surface area contributed by atoms with E-state index >= 15 is 0 Å². The monoisotopic (exact) mass is 360 g/mol. The Kier molecular flexibility index (Phi) is 7.14. The first-order valence-corrected chi connectivity index (χ1v) is 8.82. The second kappa shape index (κ2) is 9.33. The lowest BCUT2D eigenvalue weighted by Gasteiger charge is -2.27. The van der Waals surface area contributed by atoms with Gasteiger partial charge in [0.1, 0.15) is 12.4 Å². The molecule has 0 fully saturated rings. The minimum Gasteiger partial charge on any atom is -0.492 e. The number of amides is 2. The molecule has 0 unspecified atom stereocenters. The normalized spacial score (nSPS) is 10.6. The number of carbonyl (C=O) groups is 1. The zero-order valence-electron chi connectivity index (χ0n) is 15.0. The SMILES string of the molecule is Cc1cc(OCCNC(=O)N(Cc2ccccc2)C(C)C)ccc1Cl. The Morgan fingerprint density at radius 2 is 1.92 bits per heavy atom. The van der Waals surface area contributed by atoms with Gasteiger partial charge in [-0.05, 0) is 50.1 Å². The van der Waals surface area contributed by atoms with E-state index in [-0.39, 0.29) is 12.1 Å². The van der Waals surface area contributed by atoms with Gasteiger partial charge in [-0.1, -0.05) is 41.9 Å². The summed E-state index contributed by atoms with van der Waals surface area (Å²) in [4.78, 5) is 14.2. The number of urea groups is 1. The van der Waals surface area contributed by atoms with Crippen molar-refractivity contribution >= 4 is 17.6 Å². The van der Waals surface area contributed by atoms with Crippen LogP contribution in [0, 0.1) is 6.92 Å². The van der Waals surface area contributed by atoms with Crippen LogP contribution in [-0.2, 0) is 6.54 Å². The molecule has 0 aliphatic carbocycles. The predicted octanol–water partition coefficient (Wildman–Crippen LogP) is 4.65. The van der Waals surface area contributed by atoms with Crippen molar-refractivity contribution in [2.45, 2.75) is 33.4 Å². The maximum absolute atomic E-state index is 12.4. The molecule has 2 aromatic rings. The van der Waals surface area contributed by atoms with E-state index in [1.54, 1.807) is 0 Å². The minimum atomic E-state index is -0.0882. The Hall–Kier alpha value is -2.20. The number of rotatable bonds is 7. The van der Waals surface area contributed by atoms with Gasteiger partial charge in [0.2, 0.25) is 0 Å². The van der Waals surface area contributed by atoms with Crippen LogP contribution in [0.3, 0.4) is 0 Å². The number of halogens is 1. The first-order chi connectivity index (χ1) is 12.0. The molecule has 0 aromatic heterocycles. The lowest BCUT2D eigenvalue weighted by molar-refractivity contribution is 0.177. The Morgan fingerprint density at radius 3 is 2.56 bits per heavy atom. The second-order valence-corrected chi connectivity index (χ2v) is 6.61. The molecule has 0 aliphatic heterocycles. The third kappa shape index (κ3) is 5.98. The van der Waals surface area contributed by atoms with Crippen LogP contribution in [0.4, 0.5) is 4.79 Å². The third-order valence-electron chi connectivity index (χ3n) is 3.86. The largest absolute Gasteiger partial charge is 0.492 e. The summed E-state index contributed by atoms with van der Waals surface area (Å²) in [6.45, 7) is 7.39. The smallest absolute Gasteiger partial charge is 0.318 e. The summed E-state index contributed by atoms with van der Waals surface area (Å²) >= 11 is 6.00. The number of hydrogen-bond donors (Lipinski definition) is 1. The molecule has 0 saturated carbocycles. The number of hydrogen-bond acceptors (Lipinski definition) is 2. The molecule has 0 saturated heterocycles. The zero-order chi connectivity index (χ0) is 18.2. The van der Waals surface area contributed by atoms with E-state index in [9.17, 15) is 4.79 Å². The molecule has 0 spiro atoms. The van der Waals surface area contributed by atoms with Crippen LogP contribution in [0.1, 0.15) is 25.0 Å². The fraction of sp³-hybridized carbons (Fsp3) is 0.350. The maximum atomic E-state index is 12.4. The Balaban J connectivity index is 1.81. The predicted molar refractivity (Wildman–Crippen MR) is 102 cm³/mol. The van der Waals surface area contributed by atoms with Crippen molar-refractivity contribution in [1.82, 2.24) is 10.2 Å². The summed E-state index contributed by atoms with van der Waals surface area (Å²) in [7, 11) is 0. The van der Waals surface area contributed by atoms with E-state index in [0.717, 1.165) is 16.9 Å². The Morgan fingerprint density at radius 1 is 1.20 bits per heavy atom. The van der Waals surface area contributed by atoms with Gasteiger partial charge >= 0.3 is 6.03 Å². The summed E-state index contributed by atoms with van der Waals surface area (Å²) in [5.74, 6) is 0.751. The van der Waals surface area contributed by atoms with Crippen molar-refractivity contribution in [2.75, 3.05) is 13.2 Å². The van der Waals surface area contributed by atoms with Crippen molar-refractivity contribution in [3.8, 4) is 5.75 Å². The molecule has 0 aliphatic rings. The molecule has 0 heterocycles. The summed E-state index contributed by atoms with van der Waals surface area (Å²) in [6.07, 6.45) is 0. The highest BCUT2D eigenvalue weighted by atomic mass is 35.5. The minimum absolute atomic E-state index is 0.0882. The summed E-state index contributed by atoms with van der Waals surface area (Å²) < 4.78 is 5.66. The molecular weight excluding hydrogens is 336 g/mol. The highest BCUT2D eigenvalue weighted by molar-refractivity contribution is 6.31. The standard InChI is InChI=1S/C20H25ClN2O2/c1-15(2)23(14-17-7-5-4-6-8-17)20(24)22-11-12-25-18-9-10-19(21)16(3)13-18/h4-10,13,15H,11-12,14H2,1-3H3,(H,22,24). The van der Waals surface area contributed by atoms with Crippen LogP contribution in [0.25, 0.3) is 0 Å². The maximum Gasteiger partial charge on any atom is 0.318 e.